The maximum Gasteiger partial charge on any atom is 0.161 e. The predicted octanol–water partition coefficient (Wildman–Crippen LogP) is 10.0. The van der Waals surface area contributed by atoms with Gasteiger partial charge in [0, 0.05) is 56.0 Å². The first kappa shape index (κ1) is 41.5. The molecule has 10 heteroatoms. The third-order valence-electron chi connectivity index (χ3n) is 12.4. The molecule has 10 nitrogen and oxygen atoms in total. The van der Waals surface area contributed by atoms with Crippen LogP contribution in [0.4, 0.5) is 22.7 Å². The van der Waals surface area contributed by atoms with E-state index in [2.05, 4.69) is 44.4 Å². The molecule has 4 heterocycles. The molecule has 1 saturated carbocycles. The van der Waals surface area contributed by atoms with Gasteiger partial charge in [-0.2, -0.15) is 10.2 Å². The summed E-state index contributed by atoms with van der Waals surface area (Å²) in [6.07, 6.45) is 16.1. The number of hydrogen-bond donors (Lipinski definition) is 0. The summed E-state index contributed by atoms with van der Waals surface area (Å²) in [6, 6.07) is 52.0. The van der Waals surface area contributed by atoms with E-state index in [1.54, 1.807) is 0 Å². The van der Waals surface area contributed by atoms with Gasteiger partial charge in [0.1, 0.15) is 5.92 Å². The van der Waals surface area contributed by atoms with Crippen molar-refractivity contribution in [2.45, 2.75) is 18.0 Å². The lowest BCUT2D eigenvalue weighted by atomic mass is 9.67. The van der Waals surface area contributed by atoms with Crippen molar-refractivity contribution >= 4 is 65.0 Å². The average Bonchev–Trinajstić information content (AvgIpc) is 4.09. The third-order valence-corrected chi connectivity index (χ3v) is 12.4. The number of rotatable bonds is 14. The molecule has 0 saturated heterocycles. The molecule has 0 bridgehead atoms. The normalized spacial score (nSPS) is 18.9. The van der Waals surface area contributed by atoms with E-state index in [-0.39, 0.29) is 23.7 Å². The Balaban J connectivity index is 0.828. The highest BCUT2D eigenvalue weighted by atomic mass is 16.2. The van der Waals surface area contributed by atoms with Crippen LogP contribution in [0.25, 0.3) is 18.2 Å². The van der Waals surface area contributed by atoms with Gasteiger partial charge in [0.15, 0.2) is 11.6 Å². The molecule has 0 spiro atoms. The largest absolute Gasteiger partial charge is 0.347 e. The van der Waals surface area contributed by atoms with Gasteiger partial charge < -0.3 is 13.7 Å². The Bertz CT molecular complexity index is 2810. The van der Waals surface area contributed by atoms with Gasteiger partial charge in [-0.3, -0.25) is 14.5 Å². The number of hydrazone groups is 2. The van der Waals surface area contributed by atoms with E-state index in [9.17, 15) is 9.59 Å². The molecule has 9 rings (SSSR count). The van der Waals surface area contributed by atoms with Crippen LogP contribution < -0.4 is 10.0 Å². The van der Waals surface area contributed by atoms with Gasteiger partial charge in [-0.15, -0.1) is 0 Å². The van der Waals surface area contributed by atoms with E-state index in [4.69, 9.17) is 10.2 Å². The van der Waals surface area contributed by atoms with E-state index in [1.165, 1.54) is 0 Å². The van der Waals surface area contributed by atoms with Crippen LogP contribution in [0.15, 0.2) is 186 Å². The first-order valence-corrected chi connectivity index (χ1v) is 21.5. The lowest BCUT2D eigenvalue weighted by Gasteiger charge is -2.39. The minimum atomic E-state index is -0.772. The highest BCUT2D eigenvalue weighted by molar-refractivity contribution is 6.28. The van der Waals surface area contributed by atoms with E-state index < -0.39 is 11.8 Å². The minimum absolute atomic E-state index is 0.0364. The van der Waals surface area contributed by atoms with E-state index in [0.717, 1.165) is 51.2 Å². The second kappa shape index (κ2) is 18.3. The maximum absolute atomic E-state index is 13.8. The number of aromatic nitrogens is 3. The third kappa shape index (κ3) is 8.26. The van der Waals surface area contributed by atoms with Crippen LogP contribution in [-0.2, 0) is 30.7 Å². The van der Waals surface area contributed by atoms with Crippen molar-refractivity contribution in [3.63, 3.8) is 0 Å². The van der Waals surface area contributed by atoms with Gasteiger partial charge >= 0.3 is 0 Å². The zero-order chi connectivity index (χ0) is 44.2. The number of likely N-dealkylation sites (N-methyl/N-ethyl adjacent to an activating group) is 1. The molecular formula is C54H50N8O2. The van der Waals surface area contributed by atoms with Gasteiger partial charge in [-0.25, -0.2) is 10.0 Å². The Labute approximate surface area is 374 Å². The molecule has 64 heavy (non-hydrogen) atoms. The summed E-state index contributed by atoms with van der Waals surface area (Å²) in [7, 11) is 7.92. The Morgan fingerprint density at radius 3 is 1.30 bits per heavy atom. The fraction of sp³-hybridized carbons (Fsp3) is 0.148. The van der Waals surface area contributed by atoms with Crippen molar-refractivity contribution in [3.05, 3.63) is 210 Å². The van der Waals surface area contributed by atoms with Crippen LogP contribution >= 0.6 is 0 Å². The molecule has 2 aliphatic rings. The smallest absolute Gasteiger partial charge is 0.161 e. The molecule has 2 unspecified atom stereocenters. The van der Waals surface area contributed by atoms with Crippen LogP contribution in [0.1, 0.15) is 40.1 Å². The van der Waals surface area contributed by atoms with Gasteiger partial charge in [0.25, 0.3) is 0 Å². The summed E-state index contributed by atoms with van der Waals surface area (Å²) in [6.45, 7) is 0. The van der Waals surface area contributed by atoms with Crippen molar-refractivity contribution in [2.75, 3.05) is 17.1 Å². The first-order valence-electron chi connectivity index (χ1n) is 21.5. The van der Waals surface area contributed by atoms with Gasteiger partial charge in [-0.1, -0.05) is 91.0 Å². The van der Waals surface area contributed by atoms with Gasteiger partial charge in [0.05, 0.1) is 52.5 Å². The highest BCUT2D eigenvalue weighted by Gasteiger charge is 2.55. The zero-order valence-corrected chi connectivity index (χ0v) is 36.3. The number of nitrogens with zero attached hydrogens (tertiary/aromatic N) is 8. The molecule has 1 aliphatic heterocycles. The topological polar surface area (TPSA) is 83.4 Å². The Morgan fingerprint density at radius 1 is 0.453 bits per heavy atom. The monoisotopic (exact) mass is 842 g/mol. The number of carbonyl (C=O) groups excluding carboxylic acids is 2. The molecule has 0 N–H and O–H groups in total. The molecule has 1 aliphatic carbocycles. The summed E-state index contributed by atoms with van der Waals surface area (Å²) in [5.74, 6) is -1.54. The summed E-state index contributed by atoms with van der Waals surface area (Å²) < 4.78 is 6.13. The Hall–Kier alpha value is -7.82. The van der Waals surface area contributed by atoms with E-state index in [1.807, 2.05) is 219 Å². The lowest BCUT2D eigenvalue weighted by molar-refractivity contribution is -0.148. The molecule has 3 aromatic heterocycles. The van der Waals surface area contributed by atoms with Crippen molar-refractivity contribution < 1.29 is 9.59 Å². The Morgan fingerprint density at radius 2 is 0.844 bits per heavy atom. The number of Topliss-reactive ketones (excluding diaryl/α,β-unsaturated/α-hetero) is 2. The van der Waals surface area contributed by atoms with Crippen molar-refractivity contribution in [1.82, 2.24) is 18.6 Å². The molecule has 0 radical (unpaired) electrons. The van der Waals surface area contributed by atoms with E-state index in [0.29, 0.717) is 5.69 Å². The number of benzene rings is 4. The van der Waals surface area contributed by atoms with Crippen molar-refractivity contribution in [2.24, 2.45) is 37.3 Å². The lowest BCUT2D eigenvalue weighted by Crippen LogP contribution is -2.56. The summed E-state index contributed by atoms with van der Waals surface area (Å²) in [5, 5.41) is 13.6. The average molecular weight is 843 g/mol. The van der Waals surface area contributed by atoms with E-state index >= 15 is 0 Å². The molecular weight excluding hydrogens is 793 g/mol. The number of anilines is 4. The standard InChI is InChI=1S/C54H50N8O2/c1-57-39(29-31-47(57)37-55-61(43-17-9-5-10-18-43)44-19-11-6-12-20-44)25-27-41-33-35-49(59(41)3)51-53(63)52(54(51)64)50-36-34-42(60(50)4)28-26-40-30-32-48(58(40)2)38-56-62(45-21-13-7-14-22-45)46-23-15-8-16-24-46/h5-38,41,49,51-52H,1-4H3/b27-25?,28-26+,55-37?,56-38?. The number of hydrogen-bond acceptors (Lipinski definition) is 7. The molecule has 0 amide bonds. The van der Waals surface area contributed by atoms with Gasteiger partial charge in [-0.05, 0) is 110 Å². The quantitative estimate of drug-likeness (QED) is 0.0471. The summed E-state index contributed by atoms with van der Waals surface area (Å²) >= 11 is 0. The number of ketones is 2. The zero-order valence-electron chi connectivity index (χ0n) is 36.3. The molecule has 318 valence electrons. The van der Waals surface area contributed by atoms with Crippen molar-refractivity contribution in [1.29, 1.82) is 0 Å². The van der Waals surface area contributed by atoms with Crippen molar-refractivity contribution in [3.8, 4) is 0 Å². The van der Waals surface area contributed by atoms with Crippen LogP contribution in [-0.4, -0.2) is 61.7 Å². The number of carbonyl (C=O) groups is 2. The second-order valence-electron chi connectivity index (χ2n) is 16.1. The molecule has 7 aromatic rings. The first-order chi connectivity index (χ1) is 31.3. The Kier molecular flexibility index (Phi) is 11.8. The van der Waals surface area contributed by atoms with Crippen LogP contribution in [0.5, 0.6) is 0 Å². The number of para-hydroxylation sites is 4. The van der Waals surface area contributed by atoms with Gasteiger partial charge in [0.2, 0.25) is 0 Å². The maximum atomic E-state index is 13.8. The minimum Gasteiger partial charge on any atom is -0.347 e. The summed E-state index contributed by atoms with van der Waals surface area (Å²) in [4.78, 5) is 29.8. The highest BCUT2D eigenvalue weighted by Crippen LogP contribution is 2.41. The SMILES string of the molecule is CN1C(C=Cc2ccc(C=NN(c3ccccc3)c3ccccc3)n2C)C=CC1C1C(=O)C(c2ccc(/C=C/c3ccc(C=NN(c4ccccc4)c4ccccc4)n3C)n2C)C1=O. The van der Waals surface area contributed by atoms with Crippen LogP contribution in [0.3, 0.4) is 0 Å². The fourth-order valence-corrected chi connectivity index (χ4v) is 8.54. The fourth-order valence-electron chi connectivity index (χ4n) is 8.54. The molecule has 2 atom stereocenters. The molecule has 4 aromatic carbocycles. The molecule has 1 fully saturated rings. The second-order valence-corrected chi connectivity index (χ2v) is 16.1. The predicted molar refractivity (Wildman–Crippen MR) is 260 cm³/mol. The van der Waals surface area contributed by atoms with Crippen LogP contribution in [0, 0.1) is 5.92 Å². The van der Waals surface area contributed by atoms with Crippen LogP contribution in [0.2, 0.25) is 0 Å². The summed E-state index contributed by atoms with van der Waals surface area (Å²) in [5.41, 5.74) is 9.37.